The number of amides is 1. The quantitative estimate of drug-likeness (QED) is 0.843. The summed E-state index contributed by atoms with van der Waals surface area (Å²) in [6.07, 6.45) is -4.28. The van der Waals surface area contributed by atoms with Crippen LogP contribution in [-0.2, 0) is 0 Å². The molecule has 0 fully saturated rings. The van der Waals surface area contributed by atoms with Crippen LogP contribution in [0.15, 0.2) is 47.1 Å². The van der Waals surface area contributed by atoms with Crippen LogP contribution in [0.2, 0.25) is 0 Å². The molecule has 130 valence electrons. The van der Waals surface area contributed by atoms with E-state index < -0.39 is 30.2 Å². The third-order valence-electron chi connectivity index (χ3n) is 3.18. The van der Waals surface area contributed by atoms with Crippen molar-refractivity contribution in [2.75, 3.05) is 0 Å². The molecule has 2 N–H and O–H groups in total. The van der Waals surface area contributed by atoms with Crippen LogP contribution >= 0.6 is 0 Å². The topological polar surface area (TPSA) is 71.7 Å². The van der Waals surface area contributed by atoms with E-state index in [9.17, 15) is 23.1 Å². The highest BCUT2D eigenvalue weighted by Gasteiger charge is 2.33. The van der Waals surface area contributed by atoms with Crippen molar-refractivity contribution in [1.82, 2.24) is 5.32 Å². The molecule has 2 unspecified atom stereocenters. The Morgan fingerprint density at radius 2 is 2.00 bits per heavy atom. The molecule has 24 heavy (non-hydrogen) atoms. The van der Waals surface area contributed by atoms with Crippen molar-refractivity contribution in [2.45, 2.75) is 31.9 Å². The van der Waals surface area contributed by atoms with Gasteiger partial charge < -0.3 is 19.6 Å². The molecule has 5 nitrogen and oxygen atoms in total. The van der Waals surface area contributed by atoms with Gasteiger partial charge in [0.15, 0.2) is 0 Å². The number of alkyl halides is 3. The third kappa shape index (κ3) is 5.02. The molecular weight excluding hydrogens is 327 g/mol. The van der Waals surface area contributed by atoms with Gasteiger partial charge in [-0.15, -0.1) is 13.2 Å². The molecular formula is C16H16F3NO4. The van der Waals surface area contributed by atoms with Gasteiger partial charge in [-0.1, -0.05) is 12.1 Å². The Morgan fingerprint density at radius 3 is 2.62 bits per heavy atom. The zero-order chi connectivity index (χ0) is 17.7. The number of aliphatic hydroxyl groups is 1. The van der Waals surface area contributed by atoms with Crippen LogP contribution in [0.4, 0.5) is 13.2 Å². The lowest BCUT2D eigenvalue weighted by molar-refractivity contribution is -0.274. The maximum absolute atomic E-state index is 12.4. The highest BCUT2D eigenvalue weighted by atomic mass is 19.4. The van der Waals surface area contributed by atoms with Crippen LogP contribution in [0.5, 0.6) is 5.75 Å². The Kier molecular flexibility index (Phi) is 5.50. The molecule has 1 amide bonds. The summed E-state index contributed by atoms with van der Waals surface area (Å²) in [6, 6.07) is 7.76. The molecule has 1 aromatic carbocycles. The van der Waals surface area contributed by atoms with Crippen molar-refractivity contribution >= 4 is 5.91 Å². The lowest BCUT2D eigenvalue weighted by atomic mass is 10.1. The van der Waals surface area contributed by atoms with Gasteiger partial charge in [-0.2, -0.15) is 0 Å². The molecule has 0 aliphatic carbocycles. The van der Waals surface area contributed by atoms with E-state index in [0.29, 0.717) is 5.76 Å². The van der Waals surface area contributed by atoms with Gasteiger partial charge in [0.25, 0.3) is 5.91 Å². The second-order valence-corrected chi connectivity index (χ2v) is 5.19. The average Bonchev–Trinajstić information content (AvgIpc) is 3.00. The second kappa shape index (κ2) is 7.39. The van der Waals surface area contributed by atoms with E-state index in [-0.39, 0.29) is 12.0 Å². The predicted molar refractivity (Wildman–Crippen MR) is 78.3 cm³/mol. The van der Waals surface area contributed by atoms with Crippen molar-refractivity contribution in [2.24, 2.45) is 0 Å². The molecule has 1 heterocycles. The first kappa shape index (κ1) is 17.9. The number of carbonyl (C=O) groups excluding carboxylic acids is 1. The Morgan fingerprint density at radius 1 is 1.29 bits per heavy atom. The van der Waals surface area contributed by atoms with Crippen LogP contribution in [0.1, 0.15) is 35.6 Å². The molecule has 2 aromatic rings. The summed E-state index contributed by atoms with van der Waals surface area (Å²) in [5, 5.41) is 12.5. The highest BCUT2D eigenvalue weighted by molar-refractivity contribution is 5.97. The van der Waals surface area contributed by atoms with Crippen LogP contribution < -0.4 is 10.1 Å². The van der Waals surface area contributed by atoms with E-state index in [0.717, 1.165) is 6.07 Å². The first-order chi connectivity index (χ1) is 11.3. The number of benzene rings is 1. The maximum Gasteiger partial charge on any atom is 0.573 e. The fraction of sp³-hybridized carbons (Fsp3) is 0.312. The number of hydrogen-bond donors (Lipinski definition) is 2. The van der Waals surface area contributed by atoms with Gasteiger partial charge in [-0.05, 0) is 31.2 Å². The Balaban J connectivity index is 2.01. The van der Waals surface area contributed by atoms with Crippen LogP contribution in [-0.4, -0.2) is 23.4 Å². The summed E-state index contributed by atoms with van der Waals surface area (Å²) >= 11 is 0. The minimum Gasteiger partial charge on any atom is -0.467 e. The monoisotopic (exact) mass is 343 g/mol. The van der Waals surface area contributed by atoms with Crippen LogP contribution in [0.3, 0.4) is 0 Å². The number of hydrogen-bond acceptors (Lipinski definition) is 4. The summed E-state index contributed by atoms with van der Waals surface area (Å²) in [5.74, 6) is -0.966. The summed E-state index contributed by atoms with van der Waals surface area (Å²) in [6.45, 7) is 1.62. The molecule has 0 bridgehead atoms. The SMILES string of the molecule is CC(CC(O)c1ccco1)NC(=O)c1ccccc1OC(F)(F)F. The summed E-state index contributed by atoms with van der Waals surface area (Å²) in [4.78, 5) is 12.2. The Bertz CT molecular complexity index is 670. The summed E-state index contributed by atoms with van der Waals surface area (Å²) < 4.78 is 46.0. The zero-order valence-electron chi connectivity index (χ0n) is 12.7. The van der Waals surface area contributed by atoms with Gasteiger partial charge in [0.05, 0.1) is 11.8 Å². The summed E-state index contributed by atoms with van der Waals surface area (Å²) in [7, 11) is 0. The van der Waals surface area contributed by atoms with Crippen molar-refractivity contribution in [1.29, 1.82) is 0 Å². The van der Waals surface area contributed by atoms with E-state index in [2.05, 4.69) is 10.1 Å². The molecule has 0 spiro atoms. The fourth-order valence-electron chi connectivity index (χ4n) is 2.16. The fourth-order valence-corrected chi connectivity index (χ4v) is 2.16. The van der Waals surface area contributed by atoms with E-state index in [1.807, 2.05) is 0 Å². The molecule has 8 heteroatoms. The molecule has 2 rings (SSSR count). The summed E-state index contributed by atoms with van der Waals surface area (Å²) in [5.41, 5.74) is -0.242. The third-order valence-corrected chi connectivity index (χ3v) is 3.18. The minimum atomic E-state index is -4.89. The van der Waals surface area contributed by atoms with Gasteiger partial charge in [-0.3, -0.25) is 4.79 Å². The molecule has 0 saturated heterocycles. The molecule has 1 aromatic heterocycles. The van der Waals surface area contributed by atoms with Gasteiger partial charge in [-0.25, -0.2) is 0 Å². The van der Waals surface area contributed by atoms with E-state index >= 15 is 0 Å². The highest BCUT2D eigenvalue weighted by Crippen LogP contribution is 2.26. The second-order valence-electron chi connectivity index (χ2n) is 5.19. The Labute approximate surface area is 136 Å². The van der Waals surface area contributed by atoms with Crippen molar-refractivity contribution in [3.63, 3.8) is 0 Å². The zero-order valence-corrected chi connectivity index (χ0v) is 12.7. The lowest BCUT2D eigenvalue weighted by Crippen LogP contribution is -2.34. The number of para-hydroxylation sites is 1. The van der Waals surface area contributed by atoms with Gasteiger partial charge in [0, 0.05) is 12.5 Å². The van der Waals surface area contributed by atoms with E-state index in [4.69, 9.17) is 4.42 Å². The normalized spacial score (nSPS) is 14.0. The van der Waals surface area contributed by atoms with E-state index in [1.54, 1.807) is 19.1 Å². The smallest absolute Gasteiger partial charge is 0.467 e. The van der Waals surface area contributed by atoms with Crippen molar-refractivity contribution in [3.8, 4) is 5.75 Å². The van der Waals surface area contributed by atoms with Gasteiger partial charge >= 0.3 is 6.36 Å². The number of halogens is 3. The molecule has 2 atom stereocenters. The molecule has 0 aliphatic heterocycles. The van der Waals surface area contributed by atoms with Crippen molar-refractivity contribution < 1.29 is 32.2 Å². The number of ether oxygens (including phenoxy) is 1. The number of furan rings is 1. The Hall–Kier alpha value is -2.48. The van der Waals surface area contributed by atoms with Gasteiger partial charge in [0.2, 0.25) is 0 Å². The first-order valence-electron chi connectivity index (χ1n) is 7.13. The number of nitrogens with one attached hydrogen (secondary N) is 1. The van der Waals surface area contributed by atoms with E-state index in [1.165, 1.54) is 24.5 Å². The maximum atomic E-state index is 12.4. The number of aliphatic hydroxyl groups excluding tert-OH is 1. The lowest BCUT2D eigenvalue weighted by Gasteiger charge is -2.18. The number of carbonyl (C=O) groups is 1. The average molecular weight is 343 g/mol. The first-order valence-corrected chi connectivity index (χ1v) is 7.13. The number of rotatable bonds is 6. The minimum absolute atomic E-state index is 0.140. The predicted octanol–water partition coefficient (Wildman–Crippen LogP) is 3.42. The molecule has 0 saturated carbocycles. The van der Waals surface area contributed by atoms with Crippen LogP contribution in [0, 0.1) is 0 Å². The largest absolute Gasteiger partial charge is 0.573 e. The van der Waals surface area contributed by atoms with Crippen molar-refractivity contribution in [3.05, 3.63) is 54.0 Å². The molecule has 0 aliphatic rings. The molecule has 0 radical (unpaired) electrons. The standard InChI is InChI=1S/C16H16F3NO4/c1-10(9-12(21)14-7-4-8-23-14)20-15(22)11-5-2-3-6-13(11)24-16(17,18)19/h2-8,10,12,21H,9H2,1H3,(H,20,22). The van der Waals surface area contributed by atoms with Crippen LogP contribution in [0.25, 0.3) is 0 Å². The van der Waals surface area contributed by atoms with Gasteiger partial charge in [0.1, 0.15) is 17.6 Å².